The van der Waals surface area contributed by atoms with Gasteiger partial charge in [-0.15, -0.1) is 0 Å². The van der Waals surface area contributed by atoms with Crippen LogP contribution >= 0.6 is 0 Å². The van der Waals surface area contributed by atoms with Crippen LogP contribution in [0.4, 0.5) is 0 Å². The fourth-order valence-electron chi connectivity index (χ4n) is 5.81. The van der Waals surface area contributed by atoms with Gasteiger partial charge in [0.1, 0.15) is 12.2 Å². The lowest BCUT2D eigenvalue weighted by Gasteiger charge is -2.27. The molecule has 0 aromatic carbocycles. The number of carbonyl (C=O) groups excluding carboxylic acids is 1. The molecule has 42 heavy (non-hydrogen) atoms. The van der Waals surface area contributed by atoms with Crippen LogP contribution in [0.2, 0.25) is 0 Å². The van der Waals surface area contributed by atoms with E-state index in [9.17, 15) is 25.2 Å². The summed E-state index contributed by atoms with van der Waals surface area (Å²) in [6.07, 6.45) is 29.7. The van der Waals surface area contributed by atoms with Crippen molar-refractivity contribution < 1.29 is 25.2 Å². The minimum Gasteiger partial charge on any atom is -0.394 e. The summed E-state index contributed by atoms with van der Waals surface area (Å²) < 4.78 is 0. The number of amides is 1. The van der Waals surface area contributed by atoms with Crippen LogP contribution in [0.3, 0.4) is 0 Å². The summed E-state index contributed by atoms with van der Waals surface area (Å²) in [6, 6.07) is -0.976. The SMILES string of the molecule is CCCCCCCCCCCCCCCC[C@@H](O)[C@@H](O)[C@H](CO)NC(=O)C(O)CCCCCCCCCCCCCC. The summed E-state index contributed by atoms with van der Waals surface area (Å²) in [6.45, 7) is 4.03. The van der Waals surface area contributed by atoms with Crippen molar-refractivity contribution in [3.8, 4) is 0 Å². The number of nitrogens with one attached hydrogen (secondary N) is 1. The Labute approximate surface area is 260 Å². The van der Waals surface area contributed by atoms with Gasteiger partial charge < -0.3 is 25.7 Å². The Morgan fingerprint density at radius 2 is 0.810 bits per heavy atom. The molecule has 0 rings (SSSR count). The predicted molar refractivity (Wildman–Crippen MR) is 178 cm³/mol. The summed E-state index contributed by atoms with van der Waals surface area (Å²) in [5.41, 5.74) is 0. The number of hydrogen-bond donors (Lipinski definition) is 5. The van der Waals surface area contributed by atoms with Crippen molar-refractivity contribution in [1.82, 2.24) is 5.32 Å². The second-order valence-corrected chi connectivity index (χ2v) is 12.9. The maximum Gasteiger partial charge on any atom is 0.249 e. The minimum atomic E-state index is -1.25. The van der Waals surface area contributed by atoms with Crippen LogP contribution in [0, 0.1) is 0 Å². The fourth-order valence-corrected chi connectivity index (χ4v) is 5.81. The van der Waals surface area contributed by atoms with Crippen molar-refractivity contribution >= 4 is 5.91 Å². The van der Waals surface area contributed by atoms with E-state index in [1.165, 1.54) is 128 Å². The summed E-state index contributed by atoms with van der Waals surface area (Å²) in [5.74, 6) is -0.583. The third-order valence-electron chi connectivity index (χ3n) is 8.82. The molecule has 0 radical (unpaired) electrons. The van der Waals surface area contributed by atoms with Gasteiger partial charge in [0, 0.05) is 0 Å². The molecule has 0 heterocycles. The van der Waals surface area contributed by atoms with Gasteiger partial charge in [-0.3, -0.25) is 4.79 Å². The zero-order valence-corrected chi connectivity index (χ0v) is 28.0. The monoisotopic (exact) mass is 600 g/mol. The van der Waals surface area contributed by atoms with Crippen LogP contribution in [0.5, 0.6) is 0 Å². The number of aliphatic hydroxyl groups is 4. The summed E-state index contributed by atoms with van der Waals surface area (Å²) in [4.78, 5) is 12.4. The van der Waals surface area contributed by atoms with Gasteiger partial charge in [0.05, 0.1) is 18.8 Å². The first-order valence-electron chi connectivity index (χ1n) is 18.4. The lowest BCUT2D eigenvalue weighted by atomic mass is 9.99. The Morgan fingerprint density at radius 3 is 1.14 bits per heavy atom. The summed E-state index contributed by atoms with van der Waals surface area (Å²) in [7, 11) is 0. The third kappa shape index (κ3) is 25.8. The van der Waals surface area contributed by atoms with Crippen molar-refractivity contribution in [2.24, 2.45) is 0 Å². The molecule has 0 fully saturated rings. The van der Waals surface area contributed by atoms with Gasteiger partial charge in [-0.2, -0.15) is 0 Å². The van der Waals surface area contributed by atoms with E-state index < -0.39 is 36.9 Å². The molecule has 0 aromatic heterocycles. The maximum atomic E-state index is 12.4. The molecule has 0 spiro atoms. The van der Waals surface area contributed by atoms with E-state index in [4.69, 9.17) is 0 Å². The Bertz CT molecular complexity index is 561. The Hall–Kier alpha value is -0.690. The van der Waals surface area contributed by atoms with E-state index in [1.807, 2.05) is 0 Å². The van der Waals surface area contributed by atoms with E-state index >= 15 is 0 Å². The highest BCUT2D eigenvalue weighted by Crippen LogP contribution is 2.16. The zero-order chi connectivity index (χ0) is 31.1. The van der Waals surface area contributed by atoms with Gasteiger partial charge in [-0.05, 0) is 12.8 Å². The van der Waals surface area contributed by atoms with E-state index in [0.29, 0.717) is 12.8 Å². The lowest BCUT2D eigenvalue weighted by molar-refractivity contribution is -0.132. The van der Waals surface area contributed by atoms with Gasteiger partial charge in [-0.25, -0.2) is 0 Å². The van der Waals surface area contributed by atoms with Gasteiger partial charge in [-0.1, -0.05) is 181 Å². The molecule has 0 saturated carbocycles. The second kappa shape index (κ2) is 31.7. The molecule has 4 atom stereocenters. The standard InChI is InChI=1S/C36H73NO5/c1-3-5-7-9-11-13-15-17-18-20-21-23-25-27-29-33(39)35(41)32(31-38)37-36(42)34(40)30-28-26-24-22-19-16-14-12-10-8-6-4-2/h32-35,38-41H,3-31H2,1-2H3,(H,37,42)/t32-,33+,34?,35-/m0/s1. The molecular formula is C36H73NO5. The molecule has 0 aromatic rings. The molecule has 5 N–H and O–H groups in total. The minimum absolute atomic E-state index is 0.374. The molecular weight excluding hydrogens is 526 g/mol. The molecule has 0 aliphatic heterocycles. The van der Waals surface area contributed by atoms with Crippen molar-refractivity contribution in [2.75, 3.05) is 6.61 Å². The van der Waals surface area contributed by atoms with Gasteiger partial charge >= 0.3 is 0 Å². The van der Waals surface area contributed by atoms with Gasteiger partial charge in [0.25, 0.3) is 0 Å². The van der Waals surface area contributed by atoms with E-state index in [0.717, 1.165) is 38.5 Å². The van der Waals surface area contributed by atoms with Crippen LogP contribution in [0.15, 0.2) is 0 Å². The molecule has 6 heteroatoms. The van der Waals surface area contributed by atoms with Gasteiger partial charge in [0.2, 0.25) is 5.91 Å². The van der Waals surface area contributed by atoms with Crippen LogP contribution in [-0.2, 0) is 4.79 Å². The molecule has 252 valence electrons. The number of hydrogen-bond acceptors (Lipinski definition) is 5. The molecule has 0 saturated heterocycles. The normalized spacial score (nSPS) is 14.5. The van der Waals surface area contributed by atoms with Gasteiger partial charge in [0.15, 0.2) is 0 Å². The maximum absolute atomic E-state index is 12.4. The topological polar surface area (TPSA) is 110 Å². The third-order valence-corrected chi connectivity index (χ3v) is 8.82. The lowest BCUT2D eigenvalue weighted by Crippen LogP contribution is -2.53. The Balaban J connectivity index is 3.80. The summed E-state index contributed by atoms with van der Waals surface area (Å²) >= 11 is 0. The first-order valence-corrected chi connectivity index (χ1v) is 18.4. The number of aliphatic hydroxyl groups excluding tert-OH is 4. The van der Waals surface area contributed by atoms with Crippen molar-refractivity contribution in [1.29, 1.82) is 0 Å². The van der Waals surface area contributed by atoms with Crippen molar-refractivity contribution in [3.63, 3.8) is 0 Å². The average Bonchev–Trinajstić information content (AvgIpc) is 2.99. The second-order valence-electron chi connectivity index (χ2n) is 12.9. The molecule has 0 aliphatic carbocycles. The largest absolute Gasteiger partial charge is 0.394 e. The van der Waals surface area contributed by atoms with Crippen LogP contribution in [-0.4, -0.2) is 57.3 Å². The van der Waals surface area contributed by atoms with Crippen LogP contribution in [0.25, 0.3) is 0 Å². The van der Waals surface area contributed by atoms with Crippen molar-refractivity contribution in [2.45, 2.75) is 218 Å². The summed E-state index contributed by atoms with van der Waals surface area (Å²) in [5, 5.41) is 43.4. The molecule has 0 bridgehead atoms. The zero-order valence-electron chi connectivity index (χ0n) is 28.0. The fraction of sp³-hybridized carbons (Fsp3) is 0.972. The number of rotatable bonds is 33. The first-order chi connectivity index (χ1) is 20.5. The highest BCUT2D eigenvalue weighted by molar-refractivity contribution is 5.80. The highest BCUT2D eigenvalue weighted by Gasteiger charge is 2.28. The van der Waals surface area contributed by atoms with E-state index in [1.54, 1.807) is 0 Å². The first kappa shape index (κ1) is 41.3. The number of carbonyl (C=O) groups is 1. The van der Waals surface area contributed by atoms with Crippen LogP contribution < -0.4 is 5.32 Å². The highest BCUT2D eigenvalue weighted by atomic mass is 16.3. The van der Waals surface area contributed by atoms with Crippen molar-refractivity contribution in [3.05, 3.63) is 0 Å². The van der Waals surface area contributed by atoms with E-state index in [-0.39, 0.29) is 0 Å². The molecule has 0 aliphatic rings. The smallest absolute Gasteiger partial charge is 0.249 e. The van der Waals surface area contributed by atoms with Crippen LogP contribution in [0.1, 0.15) is 194 Å². The Morgan fingerprint density at radius 1 is 0.500 bits per heavy atom. The quantitative estimate of drug-likeness (QED) is 0.0486. The average molecular weight is 600 g/mol. The molecule has 1 amide bonds. The van der Waals surface area contributed by atoms with E-state index in [2.05, 4.69) is 19.2 Å². The predicted octanol–water partition coefficient (Wildman–Crippen LogP) is 8.51. The number of unbranched alkanes of at least 4 members (excludes halogenated alkanes) is 24. The molecule has 6 nitrogen and oxygen atoms in total. The molecule has 1 unspecified atom stereocenters. The Kier molecular flexibility index (Phi) is 31.2.